The van der Waals surface area contributed by atoms with E-state index in [2.05, 4.69) is 28.8 Å². The van der Waals surface area contributed by atoms with Crippen molar-refractivity contribution in [3.63, 3.8) is 0 Å². The van der Waals surface area contributed by atoms with Gasteiger partial charge in [-0.25, -0.2) is 4.52 Å². The fourth-order valence-corrected chi connectivity index (χ4v) is 1.66. The molecule has 0 aliphatic heterocycles. The molecule has 1 unspecified atom stereocenters. The minimum atomic E-state index is 0.439. The maximum Gasteiger partial charge on any atom is 0.177 e. The molecule has 0 aliphatic carbocycles. The monoisotopic (exact) mass is 202 g/mol. The Balaban J connectivity index is 2.36. The molecule has 2 rings (SSSR count). The first kappa shape index (κ1) is 9.83. The first-order valence-electron chi connectivity index (χ1n) is 5.13. The summed E-state index contributed by atoms with van der Waals surface area (Å²) < 4.78 is 1.71. The lowest BCUT2D eigenvalue weighted by molar-refractivity contribution is 0.634. The molecule has 4 nitrogen and oxygen atoms in total. The van der Waals surface area contributed by atoms with Crippen molar-refractivity contribution in [1.29, 1.82) is 0 Å². The SMILES string of the molecule is C=CCC(CC)c1ccc2nncn2n1. The summed E-state index contributed by atoms with van der Waals surface area (Å²) in [6, 6.07) is 3.96. The van der Waals surface area contributed by atoms with Crippen molar-refractivity contribution in [1.82, 2.24) is 19.8 Å². The van der Waals surface area contributed by atoms with Crippen LogP contribution in [-0.2, 0) is 0 Å². The topological polar surface area (TPSA) is 43.1 Å². The number of fused-ring (bicyclic) bond motifs is 1. The Morgan fingerprint density at radius 1 is 1.53 bits per heavy atom. The quantitative estimate of drug-likeness (QED) is 0.714. The summed E-state index contributed by atoms with van der Waals surface area (Å²) in [5.74, 6) is 0.439. The molecule has 0 saturated carbocycles. The second-order valence-electron chi connectivity index (χ2n) is 3.52. The Kier molecular flexibility index (Phi) is 2.76. The molecule has 0 bridgehead atoms. The van der Waals surface area contributed by atoms with Crippen molar-refractivity contribution in [2.45, 2.75) is 25.7 Å². The van der Waals surface area contributed by atoms with Gasteiger partial charge in [-0.1, -0.05) is 13.0 Å². The number of aromatic nitrogens is 4. The molecule has 78 valence electrons. The van der Waals surface area contributed by atoms with Crippen LogP contribution in [0.2, 0.25) is 0 Å². The maximum absolute atomic E-state index is 4.47. The van der Waals surface area contributed by atoms with Crippen LogP contribution >= 0.6 is 0 Å². The van der Waals surface area contributed by atoms with E-state index in [0.717, 1.165) is 24.2 Å². The molecule has 4 heteroatoms. The summed E-state index contributed by atoms with van der Waals surface area (Å²) >= 11 is 0. The summed E-state index contributed by atoms with van der Waals surface area (Å²) in [7, 11) is 0. The molecule has 0 radical (unpaired) electrons. The van der Waals surface area contributed by atoms with Crippen molar-refractivity contribution in [3.8, 4) is 0 Å². The summed E-state index contributed by atoms with van der Waals surface area (Å²) in [6.45, 7) is 5.93. The van der Waals surface area contributed by atoms with Gasteiger partial charge in [0.25, 0.3) is 0 Å². The van der Waals surface area contributed by atoms with Gasteiger partial charge < -0.3 is 0 Å². The number of nitrogens with zero attached hydrogens (tertiary/aromatic N) is 4. The van der Waals surface area contributed by atoms with Gasteiger partial charge in [0.2, 0.25) is 0 Å². The third kappa shape index (κ3) is 1.88. The largest absolute Gasteiger partial charge is 0.200 e. The van der Waals surface area contributed by atoms with Gasteiger partial charge in [0, 0.05) is 5.92 Å². The molecule has 0 aliphatic rings. The van der Waals surface area contributed by atoms with Gasteiger partial charge in [-0.15, -0.1) is 16.8 Å². The predicted octanol–water partition coefficient (Wildman–Crippen LogP) is 2.19. The fourth-order valence-electron chi connectivity index (χ4n) is 1.66. The van der Waals surface area contributed by atoms with Gasteiger partial charge in [0.1, 0.15) is 6.33 Å². The molecule has 0 fully saturated rings. The number of rotatable bonds is 4. The smallest absolute Gasteiger partial charge is 0.177 e. The summed E-state index contributed by atoms with van der Waals surface area (Å²) in [5, 5.41) is 12.2. The van der Waals surface area contributed by atoms with Gasteiger partial charge in [0.05, 0.1) is 5.69 Å². The lowest BCUT2D eigenvalue weighted by atomic mass is 9.98. The van der Waals surface area contributed by atoms with E-state index in [1.807, 2.05) is 18.2 Å². The van der Waals surface area contributed by atoms with Crippen molar-refractivity contribution in [2.24, 2.45) is 0 Å². The fraction of sp³-hybridized carbons (Fsp3) is 0.364. The van der Waals surface area contributed by atoms with Crippen LogP contribution in [-0.4, -0.2) is 19.8 Å². The van der Waals surface area contributed by atoms with E-state index in [0.29, 0.717) is 5.92 Å². The summed E-state index contributed by atoms with van der Waals surface area (Å²) in [5.41, 5.74) is 1.86. The van der Waals surface area contributed by atoms with Crippen LogP contribution < -0.4 is 0 Å². The molecule has 15 heavy (non-hydrogen) atoms. The van der Waals surface area contributed by atoms with Crippen LogP contribution in [0.1, 0.15) is 31.4 Å². The summed E-state index contributed by atoms with van der Waals surface area (Å²) in [4.78, 5) is 0. The van der Waals surface area contributed by atoms with Gasteiger partial charge in [-0.2, -0.15) is 5.10 Å². The van der Waals surface area contributed by atoms with Crippen LogP contribution in [0.15, 0.2) is 31.1 Å². The molecule has 0 amide bonds. The molecular formula is C11H14N4. The van der Waals surface area contributed by atoms with E-state index < -0.39 is 0 Å². The Hall–Kier alpha value is -1.71. The van der Waals surface area contributed by atoms with E-state index in [1.54, 1.807) is 10.8 Å². The lowest BCUT2D eigenvalue weighted by Gasteiger charge is -2.11. The van der Waals surface area contributed by atoms with Crippen molar-refractivity contribution >= 4 is 5.65 Å². The van der Waals surface area contributed by atoms with Crippen LogP contribution in [0.4, 0.5) is 0 Å². The van der Waals surface area contributed by atoms with Crippen LogP contribution in [0.25, 0.3) is 5.65 Å². The van der Waals surface area contributed by atoms with Crippen molar-refractivity contribution in [2.75, 3.05) is 0 Å². The normalized spacial score (nSPS) is 12.9. The highest BCUT2D eigenvalue weighted by atomic mass is 15.3. The maximum atomic E-state index is 4.47. The van der Waals surface area contributed by atoms with Gasteiger partial charge in [-0.05, 0) is 25.0 Å². The minimum Gasteiger partial charge on any atom is -0.200 e. The first-order chi connectivity index (χ1) is 7.35. The van der Waals surface area contributed by atoms with E-state index in [9.17, 15) is 0 Å². The minimum absolute atomic E-state index is 0.439. The highest BCUT2D eigenvalue weighted by Crippen LogP contribution is 2.21. The molecule has 1 atom stereocenters. The Morgan fingerprint density at radius 2 is 2.40 bits per heavy atom. The van der Waals surface area contributed by atoms with E-state index in [4.69, 9.17) is 0 Å². The summed E-state index contributed by atoms with van der Waals surface area (Å²) in [6.07, 6.45) is 5.58. The van der Waals surface area contributed by atoms with Crippen molar-refractivity contribution in [3.05, 3.63) is 36.8 Å². The average Bonchev–Trinajstić information content (AvgIpc) is 2.72. The van der Waals surface area contributed by atoms with E-state index in [1.165, 1.54) is 0 Å². The zero-order valence-electron chi connectivity index (χ0n) is 8.80. The zero-order valence-corrected chi connectivity index (χ0v) is 8.80. The van der Waals surface area contributed by atoms with Crippen LogP contribution in [0.5, 0.6) is 0 Å². The Morgan fingerprint density at radius 3 is 3.13 bits per heavy atom. The second kappa shape index (κ2) is 4.21. The van der Waals surface area contributed by atoms with Crippen LogP contribution in [0.3, 0.4) is 0 Å². The third-order valence-electron chi connectivity index (χ3n) is 2.54. The highest BCUT2D eigenvalue weighted by molar-refractivity contribution is 5.35. The average molecular weight is 202 g/mol. The molecule has 0 saturated heterocycles. The van der Waals surface area contributed by atoms with Gasteiger partial charge in [0.15, 0.2) is 5.65 Å². The first-order valence-corrected chi connectivity index (χ1v) is 5.13. The van der Waals surface area contributed by atoms with Crippen LogP contribution in [0, 0.1) is 0 Å². The molecule has 0 N–H and O–H groups in total. The van der Waals surface area contributed by atoms with Gasteiger partial charge >= 0.3 is 0 Å². The number of hydrogen-bond acceptors (Lipinski definition) is 3. The molecule has 2 aromatic heterocycles. The molecular weight excluding hydrogens is 188 g/mol. The standard InChI is InChI=1S/C11H14N4/c1-3-5-9(4-2)10-6-7-11-13-12-8-15(11)14-10/h3,6-9H,1,4-5H2,2H3. The van der Waals surface area contributed by atoms with E-state index in [-0.39, 0.29) is 0 Å². The predicted molar refractivity (Wildman–Crippen MR) is 58.6 cm³/mol. The van der Waals surface area contributed by atoms with Gasteiger partial charge in [-0.3, -0.25) is 0 Å². The lowest BCUT2D eigenvalue weighted by Crippen LogP contribution is -2.03. The molecule has 0 aromatic carbocycles. The zero-order chi connectivity index (χ0) is 10.7. The van der Waals surface area contributed by atoms with E-state index >= 15 is 0 Å². The molecule has 2 heterocycles. The Labute approximate surface area is 88.6 Å². The van der Waals surface area contributed by atoms with Crippen molar-refractivity contribution < 1.29 is 0 Å². The number of allylic oxidation sites excluding steroid dienone is 1. The second-order valence-corrected chi connectivity index (χ2v) is 3.52. The number of hydrogen-bond donors (Lipinski definition) is 0. The molecule has 0 spiro atoms. The Bertz CT molecular complexity index is 460. The third-order valence-corrected chi connectivity index (χ3v) is 2.54. The highest BCUT2D eigenvalue weighted by Gasteiger charge is 2.10. The molecule has 2 aromatic rings.